The predicted molar refractivity (Wildman–Crippen MR) is 64.4 cm³/mol. The molecular weight excluding hydrogens is 216 g/mol. The van der Waals surface area contributed by atoms with Crippen LogP contribution < -0.4 is 0 Å². The summed E-state index contributed by atoms with van der Waals surface area (Å²) >= 11 is 0. The molecule has 0 aliphatic rings. The summed E-state index contributed by atoms with van der Waals surface area (Å²) in [6.45, 7) is 3.92. The highest BCUT2D eigenvalue weighted by Gasteiger charge is 2.06. The third-order valence-corrected chi connectivity index (χ3v) is 2.65. The number of carbonyl (C=O) groups is 1. The van der Waals surface area contributed by atoms with Crippen molar-refractivity contribution in [3.8, 4) is 5.82 Å². The Morgan fingerprint density at radius 3 is 2.76 bits per heavy atom. The van der Waals surface area contributed by atoms with E-state index in [0.717, 1.165) is 16.9 Å². The van der Waals surface area contributed by atoms with E-state index in [1.165, 1.54) is 5.56 Å². The third-order valence-electron chi connectivity index (χ3n) is 2.65. The molecule has 0 amide bonds. The molecule has 2 rings (SSSR count). The molecule has 0 aliphatic heterocycles. The summed E-state index contributed by atoms with van der Waals surface area (Å²) in [6.07, 6.45) is 5.57. The van der Waals surface area contributed by atoms with Gasteiger partial charge in [0.15, 0.2) is 0 Å². The summed E-state index contributed by atoms with van der Waals surface area (Å²) in [5.74, 6) is -0.0239. The molecule has 0 aliphatic carbocycles. The molecule has 0 saturated heterocycles. The Labute approximate surface area is 99.5 Å². The van der Waals surface area contributed by atoms with Crippen molar-refractivity contribution in [1.29, 1.82) is 0 Å². The van der Waals surface area contributed by atoms with Gasteiger partial charge < -0.3 is 9.67 Å². The molecule has 1 N–H and O–H groups in total. The molecule has 0 aromatic carbocycles. The quantitative estimate of drug-likeness (QED) is 0.878. The van der Waals surface area contributed by atoms with Crippen LogP contribution >= 0.6 is 0 Å². The van der Waals surface area contributed by atoms with Crippen molar-refractivity contribution < 1.29 is 9.90 Å². The summed E-state index contributed by atoms with van der Waals surface area (Å²) in [5.41, 5.74) is 2.87. The normalized spacial score (nSPS) is 10.5. The van der Waals surface area contributed by atoms with Gasteiger partial charge in [-0.2, -0.15) is 0 Å². The van der Waals surface area contributed by atoms with Crippen LogP contribution in [0.15, 0.2) is 30.7 Å². The lowest BCUT2D eigenvalue weighted by Crippen LogP contribution is -2.04. The zero-order valence-electron chi connectivity index (χ0n) is 9.84. The second-order valence-electron chi connectivity index (χ2n) is 4.14. The smallest absolute Gasteiger partial charge is 0.307 e. The van der Waals surface area contributed by atoms with Gasteiger partial charge in [-0.25, -0.2) is 4.98 Å². The van der Waals surface area contributed by atoms with Gasteiger partial charge in [-0.05, 0) is 42.7 Å². The molecule has 0 spiro atoms. The monoisotopic (exact) mass is 230 g/mol. The predicted octanol–water partition coefficient (Wildman–Crippen LogP) is 2.12. The van der Waals surface area contributed by atoms with Crippen LogP contribution in [0.3, 0.4) is 0 Å². The van der Waals surface area contributed by atoms with Crippen molar-refractivity contribution in [1.82, 2.24) is 9.55 Å². The molecule has 88 valence electrons. The van der Waals surface area contributed by atoms with Crippen LogP contribution in [0.25, 0.3) is 5.82 Å². The second-order valence-corrected chi connectivity index (χ2v) is 4.14. The average Bonchev–Trinajstić information content (AvgIpc) is 2.67. The van der Waals surface area contributed by atoms with E-state index in [9.17, 15) is 4.79 Å². The lowest BCUT2D eigenvalue weighted by atomic mass is 10.1. The molecule has 0 bridgehead atoms. The van der Waals surface area contributed by atoms with Crippen LogP contribution in [0.2, 0.25) is 0 Å². The third kappa shape index (κ3) is 2.53. The highest BCUT2D eigenvalue weighted by atomic mass is 16.4. The largest absolute Gasteiger partial charge is 0.481 e. The fourth-order valence-electron chi connectivity index (χ4n) is 1.70. The topological polar surface area (TPSA) is 55.1 Å². The first-order valence-electron chi connectivity index (χ1n) is 5.38. The summed E-state index contributed by atoms with van der Waals surface area (Å²) < 4.78 is 1.92. The molecule has 17 heavy (non-hydrogen) atoms. The Kier molecular flexibility index (Phi) is 2.95. The van der Waals surface area contributed by atoms with Crippen LogP contribution in [0.1, 0.15) is 16.7 Å². The number of aliphatic carboxylic acids is 1. The maximum absolute atomic E-state index is 10.6. The Bertz CT molecular complexity index is 558. The lowest BCUT2D eigenvalue weighted by molar-refractivity contribution is -0.136. The van der Waals surface area contributed by atoms with E-state index < -0.39 is 5.97 Å². The number of aryl methyl sites for hydroxylation is 2. The maximum Gasteiger partial charge on any atom is 0.307 e. The first kappa shape index (κ1) is 11.4. The van der Waals surface area contributed by atoms with Gasteiger partial charge in [0.05, 0.1) is 6.42 Å². The van der Waals surface area contributed by atoms with Crippen molar-refractivity contribution in [3.05, 3.63) is 47.4 Å². The molecular formula is C13H14N2O2. The van der Waals surface area contributed by atoms with E-state index in [1.807, 2.05) is 42.9 Å². The molecule has 2 aromatic rings. The highest BCUT2D eigenvalue weighted by molar-refractivity contribution is 5.70. The molecule has 2 heterocycles. The van der Waals surface area contributed by atoms with Crippen LogP contribution in [-0.4, -0.2) is 20.6 Å². The Morgan fingerprint density at radius 1 is 1.47 bits per heavy atom. The highest BCUT2D eigenvalue weighted by Crippen LogP contribution is 2.13. The molecule has 4 nitrogen and oxygen atoms in total. The first-order valence-corrected chi connectivity index (χ1v) is 5.38. The second kappa shape index (κ2) is 4.41. The zero-order chi connectivity index (χ0) is 12.4. The van der Waals surface area contributed by atoms with Gasteiger partial charge in [-0.1, -0.05) is 0 Å². The fraction of sp³-hybridized carbons (Fsp3) is 0.231. The van der Waals surface area contributed by atoms with Crippen molar-refractivity contribution >= 4 is 5.97 Å². The molecule has 0 radical (unpaired) electrons. The molecule has 0 fully saturated rings. The van der Waals surface area contributed by atoms with Crippen molar-refractivity contribution in [2.24, 2.45) is 0 Å². The summed E-state index contributed by atoms with van der Waals surface area (Å²) in [4.78, 5) is 14.9. The Balaban J connectivity index is 2.33. The minimum atomic E-state index is -0.834. The van der Waals surface area contributed by atoms with Crippen LogP contribution in [0.5, 0.6) is 0 Å². The van der Waals surface area contributed by atoms with Crippen LogP contribution in [-0.2, 0) is 11.2 Å². The van der Waals surface area contributed by atoms with Gasteiger partial charge in [0.2, 0.25) is 0 Å². The van der Waals surface area contributed by atoms with Gasteiger partial charge in [0.1, 0.15) is 5.82 Å². The summed E-state index contributed by atoms with van der Waals surface area (Å²) in [7, 11) is 0. The standard InChI is InChI=1S/C13H14N2O2/c1-9-3-4-15(8-9)12-5-10(2)11(7-14-12)6-13(16)17/h3-5,7-8H,6H2,1-2H3,(H,16,17). The minimum Gasteiger partial charge on any atom is -0.481 e. The van der Waals surface area contributed by atoms with E-state index in [4.69, 9.17) is 5.11 Å². The number of carboxylic acids is 1. The van der Waals surface area contributed by atoms with Crippen molar-refractivity contribution in [2.75, 3.05) is 0 Å². The van der Waals surface area contributed by atoms with Crippen molar-refractivity contribution in [3.63, 3.8) is 0 Å². The maximum atomic E-state index is 10.6. The van der Waals surface area contributed by atoms with Gasteiger partial charge >= 0.3 is 5.97 Å². The molecule has 0 unspecified atom stereocenters. The van der Waals surface area contributed by atoms with Gasteiger partial charge in [0, 0.05) is 18.6 Å². The summed E-state index contributed by atoms with van der Waals surface area (Å²) in [5, 5.41) is 8.75. The minimum absolute atomic E-state index is 0.0177. The number of hydrogen-bond acceptors (Lipinski definition) is 2. The van der Waals surface area contributed by atoms with Crippen molar-refractivity contribution in [2.45, 2.75) is 20.3 Å². The van der Waals surface area contributed by atoms with Gasteiger partial charge in [-0.15, -0.1) is 0 Å². The van der Waals surface area contributed by atoms with Gasteiger partial charge in [0.25, 0.3) is 0 Å². The molecule has 0 saturated carbocycles. The number of pyridine rings is 1. The molecule has 0 atom stereocenters. The average molecular weight is 230 g/mol. The van der Waals surface area contributed by atoms with Crippen LogP contribution in [0, 0.1) is 13.8 Å². The number of rotatable bonds is 3. The first-order chi connectivity index (χ1) is 8.06. The van der Waals surface area contributed by atoms with E-state index in [-0.39, 0.29) is 6.42 Å². The van der Waals surface area contributed by atoms with E-state index in [1.54, 1.807) is 6.20 Å². The fourth-order valence-corrected chi connectivity index (χ4v) is 1.70. The lowest BCUT2D eigenvalue weighted by Gasteiger charge is -2.06. The zero-order valence-corrected chi connectivity index (χ0v) is 9.84. The summed E-state index contributed by atoms with van der Waals surface area (Å²) in [6, 6.07) is 3.90. The molecule has 2 aromatic heterocycles. The van der Waals surface area contributed by atoms with Crippen LogP contribution in [0.4, 0.5) is 0 Å². The number of nitrogens with zero attached hydrogens (tertiary/aromatic N) is 2. The molecule has 4 heteroatoms. The van der Waals surface area contributed by atoms with E-state index in [2.05, 4.69) is 4.98 Å². The SMILES string of the molecule is Cc1ccn(-c2cc(C)c(CC(=O)O)cn2)c1. The van der Waals surface area contributed by atoms with E-state index >= 15 is 0 Å². The van der Waals surface area contributed by atoms with E-state index in [0.29, 0.717) is 0 Å². The van der Waals surface area contributed by atoms with Gasteiger partial charge in [-0.3, -0.25) is 4.79 Å². The Morgan fingerprint density at radius 2 is 2.24 bits per heavy atom. The number of hydrogen-bond donors (Lipinski definition) is 1. The Hall–Kier alpha value is -2.10. The number of carboxylic acid groups (broad SMARTS) is 1. The number of aromatic nitrogens is 2.